The number of hydrogen-bond donors (Lipinski definition) is 0. The van der Waals surface area contributed by atoms with Crippen molar-refractivity contribution < 1.29 is 14.0 Å². The molecule has 0 bridgehead atoms. The molecule has 1 aliphatic rings. The molecule has 0 aliphatic carbocycles. The minimum Gasteiger partial charge on any atom is -0.309 e. The molecule has 5 nitrogen and oxygen atoms in total. The average Bonchev–Trinajstić information content (AvgIpc) is 2.49. The third kappa shape index (κ3) is 1.93. The summed E-state index contributed by atoms with van der Waals surface area (Å²) in [6, 6.07) is 0.581. The number of halogens is 1. The van der Waals surface area contributed by atoms with Gasteiger partial charge in [0, 0.05) is 18.0 Å². The lowest BCUT2D eigenvalue weighted by Crippen LogP contribution is -2.25. The summed E-state index contributed by atoms with van der Waals surface area (Å²) in [6.07, 6.45) is 2.64. The van der Waals surface area contributed by atoms with Crippen molar-refractivity contribution in [2.75, 3.05) is 6.54 Å². The van der Waals surface area contributed by atoms with E-state index in [1.54, 1.807) is 0 Å². The Hall–Kier alpha value is -1.98. The summed E-state index contributed by atoms with van der Waals surface area (Å²) in [6.45, 7) is -0.0685. The Balaban J connectivity index is 2.13. The van der Waals surface area contributed by atoms with Gasteiger partial charge in [-0.2, -0.15) is 5.32 Å². The van der Waals surface area contributed by atoms with E-state index in [-0.39, 0.29) is 18.7 Å². The Morgan fingerprint density at radius 2 is 2.27 bits per heavy atom. The number of pyridine rings is 1. The Morgan fingerprint density at radius 3 is 2.87 bits per heavy atom. The van der Waals surface area contributed by atoms with Gasteiger partial charge < -0.3 is 4.90 Å². The summed E-state index contributed by atoms with van der Waals surface area (Å²) in [7, 11) is 0. The molecule has 1 aromatic rings. The maximum absolute atomic E-state index is 13.2. The Labute approximate surface area is 84.9 Å². The molecule has 2 heterocycles. The number of carbonyl (C=O) groups excluding carboxylic acids is 2. The molecule has 3 amide bonds. The van der Waals surface area contributed by atoms with Gasteiger partial charge in [-0.3, -0.25) is 9.78 Å². The van der Waals surface area contributed by atoms with E-state index in [0.29, 0.717) is 0 Å². The van der Waals surface area contributed by atoms with E-state index in [4.69, 9.17) is 0 Å². The average molecular weight is 208 g/mol. The number of aromatic nitrogens is 1. The van der Waals surface area contributed by atoms with E-state index >= 15 is 0 Å². The largest absolute Gasteiger partial charge is 0.347 e. The van der Waals surface area contributed by atoms with Gasteiger partial charge in [0.05, 0.1) is 6.54 Å². The maximum Gasteiger partial charge on any atom is 0.347 e. The number of nitrogens with zero attached hydrogens (tertiary/aromatic N) is 3. The van der Waals surface area contributed by atoms with Crippen LogP contribution in [0.5, 0.6) is 0 Å². The quantitative estimate of drug-likeness (QED) is 0.656. The smallest absolute Gasteiger partial charge is 0.309 e. The summed E-state index contributed by atoms with van der Waals surface area (Å²) in [5.74, 6) is -0.943. The molecule has 0 spiro atoms. The van der Waals surface area contributed by atoms with Crippen molar-refractivity contribution in [3.05, 3.63) is 29.8 Å². The normalized spacial score (nSPS) is 15.7. The molecule has 0 aromatic carbocycles. The first kappa shape index (κ1) is 9.57. The molecular formula is C9H7FN3O2. The molecule has 0 atom stereocenters. The first-order chi connectivity index (χ1) is 7.16. The number of imide groups is 1. The van der Waals surface area contributed by atoms with Crippen molar-refractivity contribution >= 4 is 11.9 Å². The second kappa shape index (κ2) is 3.64. The van der Waals surface area contributed by atoms with Crippen LogP contribution < -0.4 is 5.32 Å². The number of carbonyl (C=O) groups is 2. The van der Waals surface area contributed by atoms with Crippen LogP contribution in [0.25, 0.3) is 0 Å². The Bertz CT molecular complexity index is 422. The predicted molar refractivity (Wildman–Crippen MR) is 47.1 cm³/mol. The molecule has 0 saturated carbocycles. The van der Waals surface area contributed by atoms with Crippen molar-refractivity contribution in [2.45, 2.75) is 6.54 Å². The van der Waals surface area contributed by atoms with Gasteiger partial charge in [0.1, 0.15) is 12.4 Å². The third-order valence-corrected chi connectivity index (χ3v) is 2.02. The van der Waals surface area contributed by atoms with Crippen molar-refractivity contribution in [2.24, 2.45) is 0 Å². The Morgan fingerprint density at radius 1 is 1.47 bits per heavy atom. The summed E-state index contributed by atoms with van der Waals surface area (Å²) in [5.41, 5.74) is 0.274. The fraction of sp³-hybridized carbons (Fsp3) is 0.222. The van der Waals surface area contributed by atoms with Crippen molar-refractivity contribution in [1.29, 1.82) is 0 Å². The van der Waals surface area contributed by atoms with Gasteiger partial charge in [-0.15, -0.1) is 0 Å². The van der Waals surface area contributed by atoms with Crippen LogP contribution in [0.4, 0.5) is 9.18 Å². The van der Waals surface area contributed by atoms with Gasteiger partial charge in [-0.05, 0) is 6.07 Å². The molecule has 2 rings (SSSR count). The number of amides is 3. The van der Waals surface area contributed by atoms with Crippen LogP contribution in [0.2, 0.25) is 0 Å². The molecule has 0 unspecified atom stereocenters. The first-order valence-electron chi connectivity index (χ1n) is 4.28. The second-order valence-corrected chi connectivity index (χ2v) is 3.11. The van der Waals surface area contributed by atoms with E-state index in [2.05, 4.69) is 10.3 Å². The number of hydrogen-bond acceptors (Lipinski definition) is 3. The van der Waals surface area contributed by atoms with Crippen molar-refractivity contribution in [3.63, 3.8) is 0 Å². The molecule has 1 saturated heterocycles. The fourth-order valence-electron chi connectivity index (χ4n) is 1.30. The lowest BCUT2D eigenvalue weighted by atomic mass is 10.2. The topological polar surface area (TPSA) is 64.4 Å². The van der Waals surface area contributed by atoms with Crippen molar-refractivity contribution in [3.8, 4) is 0 Å². The van der Waals surface area contributed by atoms with E-state index in [0.717, 1.165) is 0 Å². The van der Waals surface area contributed by atoms with Crippen LogP contribution >= 0.6 is 0 Å². The van der Waals surface area contributed by atoms with Crippen LogP contribution in [0.15, 0.2) is 18.5 Å². The van der Waals surface area contributed by atoms with Crippen LogP contribution in [0.3, 0.4) is 0 Å². The molecule has 1 aliphatic heterocycles. The summed E-state index contributed by atoms with van der Waals surface area (Å²) < 4.78 is 13.2. The molecular weight excluding hydrogens is 201 g/mol. The van der Waals surface area contributed by atoms with Crippen LogP contribution in [0.1, 0.15) is 5.56 Å². The molecule has 1 radical (unpaired) electrons. The summed E-state index contributed by atoms with van der Waals surface area (Å²) >= 11 is 0. The summed E-state index contributed by atoms with van der Waals surface area (Å²) in [4.78, 5) is 26.8. The van der Waals surface area contributed by atoms with Gasteiger partial charge >= 0.3 is 6.03 Å². The monoisotopic (exact) mass is 208 g/mol. The molecule has 1 aromatic heterocycles. The third-order valence-electron chi connectivity index (χ3n) is 2.02. The van der Waals surface area contributed by atoms with Gasteiger partial charge in [0.2, 0.25) is 0 Å². The van der Waals surface area contributed by atoms with Crippen LogP contribution in [-0.4, -0.2) is 28.4 Å². The van der Waals surface area contributed by atoms with Gasteiger partial charge in [0.25, 0.3) is 5.91 Å². The lowest BCUT2D eigenvalue weighted by Gasteiger charge is -2.12. The minimum atomic E-state index is -0.622. The van der Waals surface area contributed by atoms with Gasteiger partial charge in [0.15, 0.2) is 0 Å². The van der Waals surface area contributed by atoms with E-state index in [9.17, 15) is 14.0 Å². The SMILES string of the molecule is O=C1CN(Cc2cnccc2F)C(=O)[N]1. The molecule has 15 heavy (non-hydrogen) atoms. The second-order valence-electron chi connectivity index (χ2n) is 3.11. The van der Waals surface area contributed by atoms with Gasteiger partial charge in [-0.1, -0.05) is 0 Å². The van der Waals surface area contributed by atoms with Crippen molar-refractivity contribution in [1.82, 2.24) is 15.2 Å². The highest BCUT2D eigenvalue weighted by molar-refractivity contribution is 6.01. The zero-order valence-corrected chi connectivity index (χ0v) is 7.68. The molecule has 1 fully saturated rings. The first-order valence-corrected chi connectivity index (χ1v) is 4.28. The summed E-state index contributed by atoms with van der Waals surface area (Å²) in [5, 5.41) is 3.20. The Kier molecular flexibility index (Phi) is 2.32. The zero-order valence-electron chi connectivity index (χ0n) is 7.68. The number of rotatable bonds is 2. The molecule has 0 N–H and O–H groups in total. The number of urea groups is 1. The fourth-order valence-corrected chi connectivity index (χ4v) is 1.30. The van der Waals surface area contributed by atoms with Crippen LogP contribution in [0, 0.1) is 5.82 Å². The minimum absolute atomic E-state index is 0.0216. The standard InChI is InChI=1S/C9H7FN3O2/c10-7-1-2-11-3-6(7)4-13-5-8(14)12-9(13)15/h1-3H,4-5H2. The molecule has 6 heteroatoms. The lowest BCUT2D eigenvalue weighted by molar-refractivity contribution is -0.118. The zero-order chi connectivity index (χ0) is 10.8. The predicted octanol–water partition coefficient (Wildman–Crippen LogP) is 0.287. The molecule has 77 valence electrons. The maximum atomic E-state index is 13.2. The van der Waals surface area contributed by atoms with Gasteiger partial charge in [-0.25, -0.2) is 9.18 Å². The van der Waals surface area contributed by atoms with E-state index < -0.39 is 17.8 Å². The highest BCUT2D eigenvalue weighted by Crippen LogP contribution is 2.10. The van der Waals surface area contributed by atoms with E-state index in [1.165, 1.54) is 23.4 Å². The van der Waals surface area contributed by atoms with Crippen LogP contribution in [-0.2, 0) is 11.3 Å². The highest BCUT2D eigenvalue weighted by atomic mass is 19.1. The highest BCUT2D eigenvalue weighted by Gasteiger charge is 2.29. The van der Waals surface area contributed by atoms with E-state index in [1.807, 2.05) is 0 Å².